The Morgan fingerprint density at radius 1 is 1.08 bits per heavy atom. The number of hydrogen-bond acceptors (Lipinski definition) is 5. The van der Waals surface area contributed by atoms with E-state index < -0.39 is 6.10 Å². The fourth-order valence-corrected chi connectivity index (χ4v) is 4.11. The first-order valence-corrected chi connectivity index (χ1v) is 8.92. The summed E-state index contributed by atoms with van der Waals surface area (Å²) in [5, 5.41) is 14.8. The Hall–Kier alpha value is -2.80. The van der Waals surface area contributed by atoms with Crippen LogP contribution >= 0.6 is 0 Å². The van der Waals surface area contributed by atoms with Crippen molar-refractivity contribution < 1.29 is 5.11 Å². The SMILES string of the molecule is O=c1n(C2CC(c3ccccc3)C2)nc2n1[C@H](c1cnccn1)C[C@H]2O. The van der Waals surface area contributed by atoms with Gasteiger partial charge < -0.3 is 5.11 Å². The molecule has 7 heteroatoms. The topological polar surface area (TPSA) is 85.8 Å². The van der Waals surface area contributed by atoms with Crippen molar-refractivity contribution in [1.82, 2.24) is 24.3 Å². The van der Waals surface area contributed by atoms with Gasteiger partial charge in [-0.3, -0.25) is 14.5 Å². The largest absolute Gasteiger partial charge is 0.385 e. The highest BCUT2D eigenvalue weighted by Gasteiger charge is 2.40. The molecule has 0 spiro atoms. The van der Waals surface area contributed by atoms with Gasteiger partial charge in [0.25, 0.3) is 0 Å². The van der Waals surface area contributed by atoms with Gasteiger partial charge in [0.05, 0.1) is 24.0 Å². The number of nitrogens with zero attached hydrogens (tertiary/aromatic N) is 5. The van der Waals surface area contributed by atoms with Gasteiger partial charge in [-0.25, -0.2) is 9.48 Å². The van der Waals surface area contributed by atoms with Crippen molar-refractivity contribution in [3.63, 3.8) is 0 Å². The summed E-state index contributed by atoms with van der Waals surface area (Å²) in [7, 11) is 0. The third-order valence-corrected chi connectivity index (χ3v) is 5.57. The summed E-state index contributed by atoms with van der Waals surface area (Å²) in [6.45, 7) is 0. The molecule has 0 bridgehead atoms. The second-order valence-electron chi connectivity index (χ2n) is 7.09. The molecular weight excluding hydrogens is 330 g/mol. The molecule has 5 rings (SSSR count). The molecule has 7 nitrogen and oxygen atoms in total. The van der Waals surface area contributed by atoms with Gasteiger partial charge in [0, 0.05) is 18.8 Å². The van der Waals surface area contributed by atoms with E-state index in [4.69, 9.17) is 0 Å². The molecule has 3 aromatic rings. The molecular formula is C19H19N5O2. The molecule has 1 aliphatic heterocycles. The van der Waals surface area contributed by atoms with Gasteiger partial charge in [0.15, 0.2) is 5.82 Å². The maximum atomic E-state index is 13.0. The minimum atomic E-state index is -0.749. The molecule has 0 unspecified atom stereocenters. The summed E-state index contributed by atoms with van der Waals surface area (Å²) in [5.74, 6) is 0.902. The van der Waals surface area contributed by atoms with Gasteiger partial charge in [0.2, 0.25) is 0 Å². The number of benzene rings is 1. The summed E-state index contributed by atoms with van der Waals surface area (Å²) in [5.41, 5.74) is 1.83. The fourth-order valence-electron chi connectivity index (χ4n) is 4.11. The predicted molar refractivity (Wildman–Crippen MR) is 93.7 cm³/mol. The lowest BCUT2D eigenvalue weighted by molar-refractivity contribution is 0.165. The number of aromatic nitrogens is 5. The third-order valence-electron chi connectivity index (χ3n) is 5.57. The summed E-state index contributed by atoms with van der Waals surface area (Å²) in [6, 6.07) is 10.1. The van der Waals surface area contributed by atoms with Crippen LogP contribution in [0.4, 0.5) is 0 Å². The molecule has 1 N–H and O–H groups in total. The molecule has 0 saturated heterocycles. The van der Waals surface area contributed by atoms with Crippen LogP contribution in [-0.2, 0) is 0 Å². The van der Waals surface area contributed by atoms with Crippen molar-refractivity contribution in [2.24, 2.45) is 0 Å². The number of aliphatic hydroxyl groups excluding tert-OH is 1. The second-order valence-corrected chi connectivity index (χ2v) is 7.09. The van der Waals surface area contributed by atoms with Gasteiger partial charge in [-0.05, 0) is 24.3 Å². The predicted octanol–water partition coefficient (Wildman–Crippen LogP) is 1.98. The van der Waals surface area contributed by atoms with E-state index in [1.165, 1.54) is 5.56 Å². The molecule has 3 heterocycles. The molecule has 26 heavy (non-hydrogen) atoms. The third kappa shape index (κ3) is 2.31. The van der Waals surface area contributed by atoms with Gasteiger partial charge in [-0.15, -0.1) is 0 Å². The summed E-state index contributed by atoms with van der Waals surface area (Å²) >= 11 is 0. The maximum absolute atomic E-state index is 13.0. The zero-order valence-electron chi connectivity index (χ0n) is 14.1. The smallest absolute Gasteiger partial charge is 0.346 e. The van der Waals surface area contributed by atoms with E-state index >= 15 is 0 Å². The van der Waals surface area contributed by atoms with E-state index in [0.29, 0.717) is 23.9 Å². The molecule has 1 aliphatic carbocycles. The molecule has 0 radical (unpaired) electrons. The Bertz CT molecular complexity index is 976. The molecule has 132 valence electrons. The van der Waals surface area contributed by atoms with E-state index in [1.807, 2.05) is 18.2 Å². The Kier molecular flexibility index (Phi) is 3.49. The molecule has 2 atom stereocenters. The molecule has 1 fully saturated rings. The van der Waals surface area contributed by atoms with Gasteiger partial charge >= 0.3 is 5.69 Å². The highest BCUT2D eigenvalue weighted by molar-refractivity contribution is 5.23. The van der Waals surface area contributed by atoms with Crippen LogP contribution in [0, 0.1) is 0 Å². The van der Waals surface area contributed by atoms with Crippen molar-refractivity contribution >= 4 is 0 Å². The van der Waals surface area contributed by atoms with Crippen LogP contribution in [0.2, 0.25) is 0 Å². The molecule has 0 amide bonds. The van der Waals surface area contributed by atoms with Crippen molar-refractivity contribution in [2.75, 3.05) is 0 Å². The van der Waals surface area contributed by atoms with Crippen molar-refractivity contribution in [1.29, 1.82) is 0 Å². The van der Waals surface area contributed by atoms with Crippen molar-refractivity contribution in [3.05, 3.63) is 76.5 Å². The number of hydrogen-bond donors (Lipinski definition) is 1. The van der Waals surface area contributed by atoms with E-state index in [1.54, 1.807) is 27.8 Å². The first kappa shape index (κ1) is 15.5. The minimum Gasteiger partial charge on any atom is -0.385 e. The Morgan fingerprint density at radius 2 is 1.88 bits per heavy atom. The first-order chi connectivity index (χ1) is 12.7. The Balaban J connectivity index is 1.43. The van der Waals surface area contributed by atoms with E-state index in [9.17, 15) is 9.90 Å². The lowest BCUT2D eigenvalue weighted by Crippen LogP contribution is -2.35. The van der Waals surface area contributed by atoms with E-state index in [0.717, 1.165) is 12.8 Å². The van der Waals surface area contributed by atoms with E-state index in [-0.39, 0.29) is 17.8 Å². The van der Waals surface area contributed by atoms with Gasteiger partial charge in [0.1, 0.15) is 6.10 Å². The molecule has 2 aliphatic rings. The molecule has 1 aromatic carbocycles. The normalized spacial score (nSPS) is 27.1. The monoisotopic (exact) mass is 349 g/mol. The van der Waals surface area contributed by atoms with Crippen LogP contribution in [0.3, 0.4) is 0 Å². The average molecular weight is 349 g/mol. The first-order valence-electron chi connectivity index (χ1n) is 8.92. The van der Waals surface area contributed by atoms with Crippen LogP contribution in [0.25, 0.3) is 0 Å². The van der Waals surface area contributed by atoms with Crippen LogP contribution in [0.15, 0.2) is 53.7 Å². The Morgan fingerprint density at radius 3 is 2.62 bits per heavy atom. The fraction of sp³-hybridized carbons (Fsp3) is 0.368. The van der Waals surface area contributed by atoms with Crippen LogP contribution in [0.1, 0.15) is 60.4 Å². The zero-order chi connectivity index (χ0) is 17.7. The van der Waals surface area contributed by atoms with E-state index in [2.05, 4.69) is 27.2 Å². The summed E-state index contributed by atoms with van der Waals surface area (Å²) in [4.78, 5) is 21.4. The second kappa shape index (κ2) is 5.88. The number of fused-ring (bicyclic) bond motifs is 1. The van der Waals surface area contributed by atoms with Gasteiger partial charge in [-0.1, -0.05) is 30.3 Å². The highest BCUT2D eigenvalue weighted by Crippen LogP contribution is 2.44. The van der Waals surface area contributed by atoms with Crippen molar-refractivity contribution in [2.45, 2.75) is 43.4 Å². The zero-order valence-corrected chi connectivity index (χ0v) is 14.1. The lowest BCUT2D eigenvalue weighted by atomic mass is 9.76. The number of aliphatic hydroxyl groups is 1. The standard InChI is InChI=1S/C19H19N5O2/c25-17-10-16(15-11-20-6-7-21-15)23-18(17)22-24(19(23)26)14-8-13(9-14)12-4-2-1-3-5-12/h1-7,11,13-14,16-17,25H,8-10H2/t13?,14?,16-,17+/m0/s1. The summed E-state index contributed by atoms with van der Waals surface area (Å²) in [6.07, 6.45) is 6.30. The van der Waals surface area contributed by atoms with Crippen LogP contribution in [-0.4, -0.2) is 29.4 Å². The quantitative estimate of drug-likeness (QED) is 0.781. The van der Waals surface area contributed by atoms with Gasteiger partial charge in [-0.2, -0.15) is 5.10 Å². The average Bonchev–Trinajstić information content (AvgIpc) is 3.14. The lowest BCUT2D eigenvalue weighted by Gasteiger charge is -2.35. The molecule has 2 aromatic heterocycles. The Labute approximate surface area is 150 Å². The summed E-state index contributed by atoms with van der Waals surface area (Å²) < 4.78 is 3.14. The minimum absolute atomic E-state index is 0.0838. The number of rotatable bonds is 3. The highest BCUT2D eigenvalue weighted by atomic mass is 16.3. The van der Waals surface area contributed by atoms with Crippen LogP contribution in [0.5, 0.6) is 0 Å². The van der Waals surface area contributed by atoms with Crippen molar-refractivity contribution in [3.8, 4) is 0 Å². The van der Waals surface area contributed by atoms with Crippen LogP contribution < -0.4 is 5.69 Å². The maximum Gasteiger partial charge on any atom is 0.346 e. The molecule has 1 saturated carbocycles.